The number of aromatic nitrogens is 2. The van der Waals surface area contributed by atoms with E-state index in [1.54, 1.807) is 6.20 Å². The summed E-state index contributed by atoms with van der Waals surface area (Å²) >= 11 is 0. The van der Waals surface area contributed by atoms with E-state index in [1.165, 1.54) is 0 Å². The van der Waals surface area contributed by atoms with Crippen LogP contribution in [-0.2, 0) is 0 Å². The Morgan fingerprint density at radius 3 is 2.83 bits per heavy atom. The summed E-state index contributed by atoms with van der Waals surface area (Å²) < 4.78 is 5.54. The number of rotatable bonds is 4. The fourth-order valence-corrected chi connectivity index (χ4v) is 2.81. The molecule has 18 heavy (non-hydrogen) atoms. The zero-order chi connectivity index (χ0) is 12.4. The summed E-state index contributed by atoms with van der Waals surface area (Å²) in [6, 6.07) is 0. The van der Waals surface area contributed by atoms with Crippen molar-refractivity contribution in [3.63, 3.8) is 0 Å². The largest absolute Gasteiger partial charge is 0.477 e. The average molecular weight is 248 g/mol. The quantitative estimate of drug-likeness (QED) is 0.858. The molecule has 0 bridgehead atoms. The highest BCUT2D eigenvalue weighted by molar-refractivity contribution is 5.39. The first-order chi connectivity index (χ1) is 8.86. The molecule has 0 aliphatic carbocycles. The van der Waals surface area contributed by atoms with Crippen LogP contribution in [0.25, 0.3) is 0 Å². The van der Waals surface area contributed by atoms with Crippen molar-refractivity contribution < 1.29 is 4.74 Å². The smallest absolute Gasteiger partial charge is 0.234 e. The number of ether oxygens (including phenoxy) is 1. The van der Waals surface area contributed by atoms with Gasteiger partial charge < -0.3 is 15.0 Å². The maximum Gasteiger partial charge on any atom is 0.234 e. The summed E-state index contributed by atoms with van der Waals surface area (Å²) in [7, 11) is 0. The number of fused-ring (bicyclic) bond motifs is 1. The monoisotopic (exact) mass is 248 g/mol. The molecule has 3 heterocycles. The summed E-state index contributed by atoms with van der Waals surface area (Å²) in [4.78, 5) is 11.1. The second kappa shape index (κ2) is 5.10. The molecule has 2 aliphatic rings. The number of nitrogens with zero attached hydrogens (tertiary/aromatic N) is 3. The van der Waals surface area contributed by atoms with Gasteiger partial charge in [0.25, 0.3) is 0 Å². The third-order valence-electron chi connectivity index (χ3n) is 3.77. The molecular weight excluding hydrogens is 228 g/mol. The van der Waals surface area contributed by atoms with Crippen molar-refractivity contribution in [2.24, 2.45) is 11.8 Å². The number of hydrogen-bond acceptors (Lipinski definition) is 5. The summed E-state index contributed by atoms with van der Waals surface area (Å²) in [5.74, 6) is 3.14. The first kappa shape index (κ1) is 11.7. The van der Waals surface area contributed by atoms with Gasteiger partial charge in [0.2, 0.25) is 5.88 Å². The van der Waals surface area contributed by atoms with Crippen LogP contribution >= 0.6 is 0 Å². The molecule has 2 atom stereocenters. The second-order valence-electron chi connectivity index (χ2n) is 5.15. The molecule has 0 saturated carbocycles. The van der Waals surface area contributed by atoms with Gasteiger partial charge in [-0.15, -0.1) is 0 Å². The first-order valence-corrected chi connectivity index (χ1v) is 6.77. The highest BCUT2D eigenvalue weighted by Gasteiger charge is 2.36. The molecule has 2 unspecified atom stereocenters. The molecule has 2 saturated heterocycles. The Balaban J connectivity index is 1.69. The Kier molecular flexibility index (Phi) is 3.32. The zero-order valence-electron chi connectivity index (χ0n) is 10.8. The van der Waals surface area contributed by atoms with Crippen LogP contribution in [0.4, 0.5) is 5.82 Å². The van der Waals surface area contributed by atoms with Crippen LogP contribution in [0.5, 0.6) is 5.88 Å². The van der Waals surface area contributed by atoms with E-state index in [0.29, 0.717) is 12.5 Å². The first-order valence-electron chi connectivity index (χ1n) is 6.77. The Labute approximate surface area is 108 Å². The van der Waals surface area contributed by atoms with Gasteiger partial charge in [-0.3, -0.25) is 4.98 Å². The van der Waals surface area contributed by atoms with Crippen LogP contribution in [0.15, 0.2) is 12.4 Å². The molecule has 0 amide bonds. The Morgan fingerprint density at radius 1 is 1.33 bits per heavy atom. The Hall–Kier alpha value is -1.36. The summed E-state index contributed by atoms with van der Waals surface area (Å²) in [6.45, 7) is 7.24. The number of anilines is 1. The normalized spacial score (nSPS) is 26.4. The van der Waals surface area contributed by atoms with E-state index in [1.807, 2.05) is 6.20 Å². The van der Waals surface area contributed by atoms with Crippen molar-refractivity contribution >= 4 is 5.82 Å². The van der Waals surface area contributed by atoms with E-state index in [0.717, 1.165) is 50.3 Å². The summed E-state index contributed by atoms with van der Waals surface area (Å²) in [6.07, 6.45) is 4.52. The van der Waals surface area contributed by atoms with E-state index in [4.69, 9.17) is 4.74 Å². The van der Waals surface area contributed by atoms with Crippen molar-refractivity contribution in [2.45, 2.75) is 13.3 Å². The predicted molar refractivity (Wildman–Crippen MR) is 69.9 cm³/mol. The predicted octanol–water partition coefficient (Wildman–Crippen LogP) is 0.921. The van der Waals surface area contributed by atoms with E-state index in [2.05, 4.69) is 27.1 Å². The summed E-state index contributed by atoms with van der Waals surface area (Å²) in [5.41, 5.74) is 0. The van der Waals surface area contributed by atoms with Crippen molar-refractivity contribution in [3.05, 3.63) is 12.4 Å². The minimum absolute atomic E-state index is 0.643. The van der Waals surface area contributed by atoms with Crippen LogP contribution in [0, 0.1) is 11.8 Å². The van der Waals surface area contributed by atoms with Gasteiger partial charge in [-0.2, -0.15) is 4.98 Å². The standard InChI is InChI=1S/C13H20N4O/c1-2-3-18-13-7-15-6-12(16-13)17-8-10-4-14-5-11(10)9-17/h6-7,10-11,14H,2-5,8-9H2,1H3. The molecule has 2 fully saturated rings. The zero-order valence-corrected chi connectivity index (χ0v) is 10.8. The molecule has 3 rings (SSSR count). The highest BCUT2D eigenvalue weighted by Crippen LogP contribution is 2.29. The highest BCUT2D eigenvalue weighted by atomic mass is 16.5. The minimum Gasteiger partial charge on any atom is -0.477 e. The van der Waals surface area contributed by atoms with Gasteiger partial charge in [0.15, 0.2) is 5.82 Å². The second-order valence-corrected chi connectivity index (χ2v) is 5.15. The Morgan fingerprint density at radius 2 is 2.11 bits per heavy atom. The van der Waals surface area contributed by atoms with E-state index in [-0.39, 0.29) is 0 Å². The molecule has 0 radical (unpaired) electrons. The molecule has 5 nitrogen and oxygen atoms in total. The Bertz CT molecular complexity index is 400. The molecule has 0 spiro atoms. The van der Waals surface area contributed by atoms with Gasteiger partial charge in [-0.1, -0.05) is 6.92 Å². The van der Waals surface area contributed by atoms with Crippen LogP contribution in [0.3, 0.4) is 0 Å². The van der Waals surface area contributed by atoms with Crippen LogP contribution in [0.1, 0.15) is 13.3 Å². The third-order valence-corrected chi connectivity index (χ3v) is 3.77. The van der Waals surface area contributed by atoms with E-state index < -0.39 is 0 Å². The van der Waals surface area contributed by atoms with Crippen LogP contribution in [-0.4, -0.2) is 42.8 Å². The van der Waals surface area contributed by atoms with Gasteiger partial charge in [-0.05, 0) is 18.3 Å². The topological polar surface area (TPSA) is 50.3 Å². The maximum absolute atomic E-state index is 5.54. The van der Waals surface area contributed by atoms with Crippen molar-refractivity contribution in [2.75, 3.05) is 37.7 Å². The van der Waals surface area contributed by atoms with Crippen LogP contribution < -0.4 is 15.0 Å². The molecule has 0 aromatic carbocycles. The van der Waals surface area contributed by atoms with Crippen molar-refractivity contribution in [1.29, 1.82) is 0 Å². The fraction of sp³-hybridized carbons (Fsp3) is 0.692. The van der Waals surface area contributed by atoms with Crippen LogP contribution in [0.2, 0.25) is 0 Å². The van der Waals surface area contributed by atoms with Crippen molar-refractivity contribution in [3.8, 4) is 5.88 Å². The van der Waals surface area contributed by atoms with Gasteiger partial charge in [0, 0.05) is 26.2 Å². The van der Waals surface area contributed by atoms with Gasteiger partial charge >= 0.3 is 0 Å². The molecule has 98 valence electrons. The third kappa shape index (κ3) is 2.27. The SMILES string of the molecule is CCCOc1cncc(N2CC3CNCC3C2)n1. The summed E-state index contributed by atoms with van der Waals surface area (Å²) in [5, 5.41) is 3.45. The van der Waals surface area contributed by atoms with Crippen molar-refractivity contribution in [1.82, 2.24) is 15.3 Å². The van der Waals surface area contributed by atoms with Gasteiger partial charge in [-0.25, -0.2) is 0 Å². The average Bonchev–Trinajstić information content (AvgIpc) is 2.97. The van der Waals surface area contributed by atoms with E-state index >= 15 is 0 Å². The molecule has 5 heteroatoms. The minimum atomic E-state index is 0.643. The van der Waals surface area contributed by atoms with Gasteiger partial charge in [0.05, 0.1) is 19.0 Å². The fourth-order valence-electron chi connectivity index (χ4n) is 2.81. The number of nitrogens with one attached hydrogen (secondary N) is 1. The molecule has 2 aliphatic heterocycles. The molecule has 1 N–H and O–H groups in total. The lowest BCUT2D eigenvalue weighted by atomic mass is 10.0. The molecule has 1 aromatic heterocycles. The molecular formula is C13H20N4O. The lowest BCUT2D eigenvalue weighted by Crippen LogP contribution is -2.26. The van der Waals surface area contributed by atoms with E-state index in [9.17, 15) is 0 Å². The molecule has 1 aromatic rings. The van der Waals surface area contributed by atoms with Gasteiger partial charge in [0.1, 0.15) is 0 Å². The lowest BCUT2D eigenvalue weighted by Gasteiger charge is -2.18. The maximum atomic E-state index is 5.54. The lowest BCUT2D eigenvalue weighted by molar-refractivity contribution is 0.304. The number of hydrogen-bond donors (Lipinski definition) is 1.